The van der Waals surface area contributed by atoms with Crippen LogP contribution in [0.4, 0.5) is 10.5 Å². The molecule has 0 aliphatic carbocycles. The van der Waals surface area contributed by atoms with Gasteiger partial charge in [-0.3, -0.25) is 4.79 Å². The quantitative estimate of drug-likeness (QED) is 0.772. The van der Waals surface area contributed by atoms with Crippen LogP contribution in [0.2, 0.25) is 0 Å². The second-order valence-electron chi connectivity index (χ2n) is 4.10. The first-order valence-electron chi connectivity index (χ1n) is 6.34. The zero-order valence-corrected chi connectivity index (χ0v) is 11.8. The molecular weight excluding hydrogens is 260 g/mol. The monoisotopic (exact) mass is 280 g/mol. The van der Waals surface area contributed by atoms with Crippen molar-refractivity contribution in [1.29, 1.82) is 0 Å². The van der Waals surface area contributed by atoms with Crippen molar-refractivity contribution in [2.75, 3.05) is 39.2 Å². The van der Waals surface area contributed by atoms with Crippen LogP contribution in [0.3, 0.4) is 0 Å². The zero-order valence-electron chi connectivity index (χ0n) is 11.8. The van der Waals surface area contributed by atoms with Crippen molar-refractivity contribution in [3.8, 4) is 0 Å². The lowest BCUT2D eigenvalue weighted by atomic mass is 10.3. The number of benzene rings is 1. The first kappa shape index (κ1) is 16.0. The van der Waals surface area contributed by atoms with Crippen LogP contribution in [0.5, 0.6) is 0 Å². The maximum atomic E-state index is 12.1. The topological polar surface area (TPSA) is 67.9 Å². The van der Waals surface area contributed by atoms with Gasteiger partial charge in [0.15, 0.2) is 0 Å². The third kappa shape index (κ3) is 5.71. The second kappa shape index (κ2) is 8.92. The predicted molar refractivity (Wildman–Crippen MR) is 75.5 cm³/mol. The van der Waals surface area contributed by atoms with Crippen LogP contribution in [0, 0.1) is 0 Å². The summed E-state index contributed by atoms with van der Waals surface area (Å²) < 4.78 is 9.54. The molecule has 1 aromatic carbocycles. The summed E-state index contributed by atoms with van der Waals surface area (Å²) >= 11 is 0. The molecule has 0 heterocycles. The van der Waals surface area contributed by atoms with Gasteiger partial charge >= 0.3 is 12.0 Å². The molecular formula is C14H20N2O4. The number of urea groups is 1. The minimum atomic E-state index is -0.347. The standard InChI is InChI=1S/C14H20N2O4/c1-19-11-10-16(9-8-13(17)20-2)14(18)15-12-6-4-3-5-7-12/h3-7H,8-11H2,1-2H3,(H,15,18). The average molecular weight is 280 g/mol. The van der Waals surface area contributed by atoms with Gasteiger partial charge < -0.3 is 19.7 Å². The summed E-state index contributed by atoms with van der Waals surface area (Å²) in [6.07, 6.45) is 0.155. The first-order valence-corrected chi connectivity index (χ1v) is 6.34. The van der Waals surface area contributed by atoms with Crippen LogP contribution >= 0.6 is 0 Å². The van der Waals surface area contributed by atoms with E-state index in [1.807, 2.05) is 18.2 Å². The molecule has 0 aliphatic rings. The van der Waals surface area contributed by atoms with Gasteiger partial charge in [0.1, 0.15) is 0 Å². The van der Waals surface area contributed by atoms with Gasteiger partial charge in [-0.05, 0) is 12.1 Å². The molecule has 0 radical (unpaired) electrons. The number of nitrogens with one attached hydrogen (secondary N) is 1. The van der Waals surface area contributed by atoms with Gasteiger partial charge in [-0.2, -0.15) is 0 Å². The highest BCUT2D eigenvalue weighted by atomic mass is 16.5. The Labute approximate surface area is 118 Å². The molecule has 0 saturated carbocycles. The van der Waals surface area contributed by atoms with Crippen LogP contribution in [-0.4, -0.2) is 50.8 Å². The highest BCUT2D eigenvalue weighted by Crippen LogP contribution is 2.07. The summed E-state index contributed by atoms with van der Waals surface area (Å²) in [4.78, 5) is 24.8. The summed E-state index contributed by atoms with van der Waals surface area (Å²) in [6.45, 7) is 1.10. The Morgan fingerprint density at radius 2 is 1.85 bits per heavy atom. The van der Waals surface area contributed by atoms with E-state index >= 15 is 0 Å². The number of nitrogens with zero attached hydrogens (tertiary/aromatic N) is 1. The summed E-state index contributed by atoms with van der Waals surface area (Å²) in [5.41, 5.74) is 0.706. The summed E-state index contributed by atoms with van der Waals surface area (Å²) in [6, 6.07) is 8.87. The molecule has 20 heavy (non-hydrogen) atoms. The number of amides is 2. The van der Waals surface area contributed by atoms with E-state index in [9.17, 15) is 9.59 Å². The van der Waals surface area contributed by atoms with Gasteiger partial charge in [0.2, 0.25) is 0 Å². The Balaban J connectivity index is 2.56. The third-order valence-electron chi connectivity index (χ3n) is 2.69. The van der Waals surface area contributed by atoms with Crippen LogP contribution in [0.15, 0.2) is 30.3 Å². The van der Waals surface area contributed by atoms with Crippen LogP contribution in [0.1, 0.15) is 6.42 Å². The number of esters is 1. The van der Waals surface area contributed by atoms with E-state index in [0.717, 1.165) is 0 Å². The molecule has 0 atom stereocenters. The molecule has 2 amide bonds. The fourth-order valence-electron chi connectivity index (χ4n) is 1.57. The Hall–Kier alpha value is -2.08. The number of carbonyl (C=O) groups excluding carboxylic acids is 2. The highest BCUT2D eigenvalue weighted by molar-refractivity contribution is 5.89. The largest absolute Gasteiger partial charge is 0.469 e. The van der Waals surface area contributed by atoms with Gasteiger partial charge in [-0.25, -0.2) is 4.79 Å². The molecule has 0 aromatic heterocycles. The van der Waals surface area contributed by atoms with E-state index in [2.05, 4.69) is 10.1 Å². The lowest BCUT2D eigenvalue weighted by Crippen LogP contribution is -2.38. The minimum absolute atomic E-state index is 0.155. The van der Waals surface area contributed by atoms with E-state index in [0.29, 0.717) is 18.8 Å². The average Bonchev–Trinajstić information content (AvgIpc) is 2.47. The molecule has 1 N–H and O–H groups in total. The number of carbonyl (C=O) groups is 2. The van der Waals surface area contributed by atoms with Crippen molar-refractivity contribution in [1.82, 2.24) is 4.90 Å². The molecule has 1 aromatic rings. The van der Waals surface area contributed by atoms with Crippen molar-refractivity contribution in [2.24, 2.45) is 0 Å². The van der Waals surface area contributed by atoms with Gasteiger partial charge in [0, 0.05) is 25.9 Å². The van der Waals surface area contributed by atoms with Crippen LogP contribution in [0.25, 0.3) is 0 Å². The van der Waals surface area contributed by atoms with Crippen LogP contribution in [-0.2, 0) is 14.3 Å². The van der Waals surface area contributed by atoms with Gasteiger partial charge in [0.25, 0.3) is 0 Å². The first-order chi connectivity index (χ1) is 9.67. The number of hydrogen-bond acceptors (Lipinski definition) is 4. The lowest BCUT2D eigenvalue weighted by Gasteiger charge is -2.22. The summed E-state index contributed by atoms with van der Waals surface area (Å²) in [5.74, 6) is -0.347. The van der Waals surface area contributed by atoms with Gasteiger partial charge in [0.05, 0.1) is 20.1 Å². The Bertz CT molecular complexity index is 422. The number of anilines is 1. The maximum absolute atomic E-state index is 12.1. The molecule has 0 aliphatic heterocycles. The zero-order chi connectivity index (χ0) is 14.8. The van der Waals surface area contributed by atoms with Crippen molar-refractivity contribution >= 4 is 17.7 Å². The second-order valence-corrected chi connectivity index (χ2v) is 4.10. The van der Waals surface area contributed by atoms with Gasteiger partial charge in [-0.1, -0.05) is 18.2 Å². The summed E-state index contributed by atoms with van der Waals surface area (Å²) in [7, 11) is 2.89. The normalized spacial score (nSPS) is 9.90. The number of para-hydroxylation sites is 1. The minimum Gasteiger partial charge on any atom is -0.469 e. The number of hydrogen-bond donors (Lipinski definition) is 1. The highest BCUT2D eigenvalue weighted by Gasteiger charge is 2.15. The molecule has 0 saturated heterocycles. The Kier molecular flexibility index (Phi) is 7.13. The van der Waals surface area contributed by atoms with E-state index in [4.69, 9.17) is 4.74 Å². The third-order valence-corrected chi connectivity index (χ3v) is 2.69. The molecule has 0 fully saturated rings. The maximum Gasteiger partial charge on any atom is 0.321 e. The van der Waals surface area contributed by atoms with Crippen molar-refractivity contribution in [3.05, 3.63) is 30.3 Å². The van der Waals surface area contributed by atoms with Crippen LogP contribution < -0.4 is 5.32 Å². The molecule has 0 unspecified atom stereocenters. The molecule has 6 heteroatoms. The number of ether oxygens (including phenoxy) is 2. The van der Waals surface area contributed by atoms with E-state index < -0.39 is 0 Å². The molecule has 0 spiro atoms. The Morgan fingerprint density at radius 1 is 1.15 bits per heavy atom. The SMILES string of the molecule is COCCN(CCC(=O)OC)C(=O)Nc1ccccc1. The predicted octanol–water partition coefficient (Wildman–Crippen LogP) is 1.73. The molecule has 0 bridgehead atoms. The van der Waals surface area contributed by atoms with E-state index in [1.165, 1.54) is 12.0 Å². The Morgan fingerprint density at radius 3 is 2.45 bits per heavy atom. The smallest absolute Gasteiger partial charge is 0.321 e. The molecule has 110 valence electrons. The van der Waals surface area contributed by atoms with Crippen molar-refractivity contribution in [3.63, 3.8) is 0 Å². The van der Waals surface area contributed by atoms with E-state index in [1.54, 1.807) is 19.2 Å². The van der Waals surface area contributed by atoms with Crippen molar-refractivity contribution in [2.45, 2.75) is 6.42 Å². The van der Waals surface area contributed by atoms with Gasteiger partial charge in [-0.15, -0.1) is 0 Å². The van der Waals surface area contributed by atoms with E-state index in [-0.39, 0.29) is 25.0 Å². The fraction of sp³-hybridized carbons (Fsp3) is 0.429. The fourth-order valence-corrected chi connectivity index (χ4v) is 1.57. The molecule has 1 rings (SSSR count). The lowest BCUT2D eigenvalue weighted by molar-refractivity contribution is -0.140. The number of rotatable bonds is 7. The molecule has 6 nitrogen and oxygen atoms in total. The van der Waals surface area contributed by atoms with Crippen molar-refractivity contribution < 1.29 is 19.1 Å². The number of methoxy groups -OCH3 is 2. The summed E-state index contributed by atoms with van der Waals surface area (Å²) in [5, 5.41) is 2.77.